The van der Waals surface area contributed by atoms with Crippen molar-refractivity contribution in [3.63, 3.8) is 0 Å². The third-order valence-electron chi connectivity index (χ3n) is 11.9. The molecule has 4 atom stereocenters. The first-order valence-corrected chi connectivity index (χ1v) is 18.7. The van der Waals surface area contributed by atoms with Crippen molar-refractivity contribution >= 4 is 17.6 Å². The second-order valence-corrected chi connectivity index (χ2v) is 14.7. The number of aryl methyl sites for hydroxylation is 1. The van der Waals surface area contributed by atoms with Crippen molar-refractivity contribution in [3.05, 3.63) is 196 Å². The zero-order chi connectivity index (χ0) is 34.2. The lowest BCUT2D eigenvalue weighted by Crippen LogP contribution is -2.45. The van der Waals surface area contributed by atoms with Gasteiger partial charge in [-0.1, -0.05) is 121 Å². The Hall–Kier alpha value is -6.07. The number of likely N-dealkylation sites (tertiary alicyclic amines) is 1. The van der Waals surface area contributed by atoms with Crippen molar-refractivity contribution in [2.75, 3.05) is 6.54 Å². The topological polar surface area (TPSA) is 44.6 Å². The second kappa shape index (κ2) is 11.7. The molecule has 5 heteroatoms. The van der Waals surface area contributed by atoms with E-state index in [0.717, 1.165) is 30.8 Å². The van der Waals surface area contributed by atoms with Gasteiger partial charge in [0, 0.05) is 58.2 Å². The van der Waals surface area contributed by atoms with Crippen LogP contribution in [0.25, 0.3) is 22.9 Å². The van der Waals surface area contributed by atoms with Gasteiger partial charge < -0.3 is 20.1 Å². The van der Waals surface area contributed by atoms with E-state index >= 15 is 0 Å². The predicted molar refractivity (Wildman–Crippen MR) is 211 cm³/mol. The normalized spacial score (nSPS) is 23.3. The molecule has 4 aromatic carbocycles. The highest BCUT2D eigenvalue weighted by atomic mass is 15.3. The minimum absolute atomic E-state index is 0.0532. The molecule has 6 aliphatic rings. The summed E-state index contributed by atoms with van der Waals surface area (Å²) in [5.74, 6) is 2.45. The Labute approximate surface area is 304 Å². The van der Waals surface area contributed by atoms with Gasteiger partial charge in [0.2, 0.25) is 0 Å². The number of para-hydroxylation sites is 2. The van der Waals surface area contributed by atoms with E-state index in [-0.39, 0.29) is 18.1 Å². The van der Waals surface area contributed by atoms with Crippen LogP contribution in [-0.2, 0) is 19.3 Å². The number of rotatable bonds is 4. The van der Waals surface area contributed by atoms with E-state index in [9.17, 15) is 0 Å². The van der Waals surface area contributed by atoms with Crippen LogP contribution in [0.5, 0.6) is 0 Å². The van der Waals surface area contributed by atoms with Crippen LogP contribution in [0.1, 0.15) is 39.7 Å². The molecule has 0 saturated carbocycles. The van der Waals surface area contributed by atoms with E-state index in [4.69, 9.17) is 4.99 Å². The second-order valence-electron chi connectivity index (χ2n) is 14.7. The number of aromatic nitrogens is 1. The summed E-state index contributed by atoms with van der Waals surface area (Å²) in [6.45, 7) is 0.706. The summed E-state index contributed by atoms with van der Waals surface area (Å²) in [4.78, 5) is 7.80. The SMILES string of the molecule is C1=CC2C3=Cc4c5c(n(-c6ccccc6)c4CC3N(C3=CC=C(C4=Nc6ccccc6C(c6ccccc6)N4)CN3)C2C=C1)CCc1ccccc1-5. The lowest BCUT2D eigenvalue weighted by atomic mass is 9.81. The Morgan fingerprint density at radius 1 is 0.731 bits per heavy atom. The van der Waals surface area contributed by atoms with Crippen molar-refractivity contribution in [2.45, 2.75) is 37.4 Å². The number of dihydropyridines is 1. The molecule has 4 unspecified atom stereocenters. The Morgan fingerprint density at radius 3 is 2.38 bits per heavy atom. The van der Waals surface area contributed by atoms with Crippen molar-refractivity contribution in [1.82, 2.24) is 20.1 Å². The standard InChI is InChI=1S/C47H39N5/c1-3-14-31(15-4-1)46-36-20-9-11-21-39(36)49-47(50-46)32-24-26-44(48-29-32)52-40-22-12-10-19-35(40)37-27-38-43(28-42(37)52)51(33-16-5-2-6-17-33)41-25-23-30-13-7-8-18-34(30)45(38)41/h1-22,24,26-27,35,40,42,46,48H,23,25,28-29H2,(H,49,50). The summed E-state index contributed by atoms with van der Waals surface area (Å²) in [7, 11) is 0. The van der Waals surface area contributed by atoms with Crippen LogP contribution in [0.4, 0.5) is 5.69 Å². The van der Waals surface area contributed by atoms with Gasteiger partial charge in [0.15, 0.2) is 0 Å². The van der Waals surface area contributed by atoms with Crippen LogP contribution >= 0.6 is 0 Å². The van der Waals surface area contributed by atoms with Gasteiger partial charge in [-0.05, 0) is 65.5 Å². The quantitative estimate of drug-likeness (QED) is 0.201. The molecule has 0 amide bonds. The summed E-state index contributed by atoms with van der Waals surface area (Å²) in [6.07, 6.45) is 19.5. The first-order valence-electron chi connectivity index (χ1n) is 18.7. The fraction of sp³-hybridized carbons (Fsp3) is 0.170. The van der Waals surface area contributed by atoms with Crippen molar-refractivity contribution < 1.29 is 0 Å². The highest BCUT2D eigenvalue weighted by molar-refractivity contribution is 6.02. The zero-order valence-electron chi connectivity index (χ0n) is 28.9. The molecule has 1 aromatic heterocycles. The van der Waals surface area contributed by atoms with Crippen LogP contribution in [0.15, 0.2) is 168 Å². The lowest BCUT2D eigenvalue weighted by Gasteiger charge is -2.37. The largest absolute Gasteiger partial charge is 0.367 e. The van der Waals surface area contributed by atoms with Crippen LogP contribution in [0, 0.1) is 5.92 Å². The minimum atomic E-state index is 0.0532. The Kier molecular flexibility index (Phi) is 6.69. The summed E-state index contributed by atoms with van der Waals surface area (Å²) >= 11 is 0. The smallest absolute Gasteiger partial charge is 0.132 e. The number of aliphatic imine (C=N–C) groups is 1. The highest BCUT2D eigenvalue weighted by Gasteiger charge is 2.47. The summed E-state index contributed by atoms with van der Waals surface area (Å²) in [6, 6.07) is 39.8. The summed E-state index contributed by atoms with van der Waals surface area (Å²) < 4.78 is 2.61. The molecule has 3 aliphatic carbocycles. The average Bonchev–Trinajstić information content (AvgIpc) is 3.72. The third-order valence-corrected chi connectivity index (χ3v) is 11.9. The molecular weight excluding hydrogens is 635 g/mol. The molecule has 252 valence electrons. The van der Waals surface area contributed by atoms with E-state index in [1.807, 2.05) is 0 Å². The highest BCUT2D eigenvalue weighted by Crippen LogP contribution is 2.50. The fourth-order valence-corrected chi connectivity index (χ4v) is 9.66. The van der Waals surface area contributed by atoms with Gasteiger partial charge in [0.1, 0.15) is 11.7 Å². The molecule has 5 nitrogen and oxygen atoms in total. The van der Waals surface area contributed by atoms with Gasteiger partial charge >= 0.3 is 0 Å². The molecule has 1 saturated heterocycles. The molecule has 0 spiro atoms. The Bertz CT molecular complexity index is 2440. The third kappa shape index (κ3) is 4.51. The first-order chi connectivity index (χ1) is 25.8. The van der Waals surface area contributed by atoms with E-state index in [1.54, 1.807) is 0 Å². The monoisotopic (exact) mass is 673 g/mol. The zero-order valence-corrected chi connectivity index (χ0v) is 28.9. The summed E-state index contributed by atoms with van der Waals surface area (Å²) in [5, 5.41) is 7.69. The summed E-state index contributed by atoms with van der Waals surface area (Å²) in [5.41, 5.74) is 16.0. The van der Waals surface area contributed by atoms with E-state index < -0.39 is 0 Å². The van der Waals surface area contributed by atoms with Gasteiger partial charge in [0.05, 0.1) is 23.8 Å². The van der Waals surface area contributed by atoms with Crippen LogP contribution < -0.4 is 10.6 Å². The number of hydrogen-bond donors (Lipinski definition) is 2. The average molecular weight is 674 g/mol. The molecule has 1 fully saturated rings. The molecular formula is C47H39N5. The van der Waals surface area contributed by atoms with Gasteiger partial charge in [-0.15, -0.1) is 0 Å². The van der Waals surface area contributed by atoms with E-state index in [0.29, 0.717) is 12.5 Å². The van der Waals surface area contributed by atoms with Crippen molar-refractivity contribution in [3.8, 4) is 16.8 Å². The Morgan fingerprint density at radius 2 is 1.52 bits per heavy atom. The van der Waals surface area contributed by atoms with Crippen molar-refractivity contribution in [2.24, 2.45) is 10.9 Å². The van der Waals surface area contributed by atoms with Crippen LogP contribution in [0.3, 0.4) is 0 Å². The van der Waals surface area contributed by atoms with E-state index in [1.165, 1.54) is 67.4 Å². The lowest BCUT2D eigenvalue weighted by molar-refractivity contribution is 0.259. The van der Waals surface area contributed by atoms with Crippen LogP contribution in [-0.4, -0.2) is 33.9 Å². The molecule has 4 heterocycles. The molecule has 11 rings (SSSR count). The minimum Gasteiger partial charge on any atom is -0.367 e. The first kappa shape index (κ1) is 29.6. The number of allylic oxidation sites excluding steroid dienone is 4. The van der Waals surface area contributed by atoms with Gasteiger partial charge in [-0.2, -0.15) is 0 Å². The molecule has 5 aromatic rings. The number of nitrogens with one attached hydrogen (secondary N) is 2. The van der Waals surface area contributed by atoms with Gasteiger partial charge in [0.25, 0.3) is 0 Å². The van der Waals surface area contributed by atoms with Gasteiger partial charge in [-0.25, -0.2) is 4.99 Å². The number of hydrogen-bond acceptors (Lipinski definition) is 4. The fourth-order valence-electron chi connectivity index (χ4n) is 9.66. The number of benzene rings is 4. The molecule has 3 aliphatic heterocycles. The number of fused-ring (bicyclic) bond motifs is 9. The molecule has 2 N–H and O–H groups in total. The molecule has 0 bridgehead atoms. The Balaban J connectivity index is 0.994. The van der Waals surface area contributed by atoms with Crippen LogP contribution in [0.2, 0.25) is 0 Å². The van der Waals surface area contributed by atoms with Crippen molar-refractivity contribution in [1.29, 1.82) is 0 Å². The maximum Gasteiger partial charge on any atom is 0.132 e. The maximum absolute atomic E-state index is 5.13. The molecule has 52 heavy (non-hydrogen) atoms. The van der Waals surface area contributed by atoms with Gasteiger partial charge in [-0.3, -0.25) is 0 Å². The van der Waals surface area contributed by atoms with E-state index in [2.05, 4.69) is 172 Å². The predicted octanol–water partition coefficient (Wildman–Crippen LogP) is 8.77. The number of amidine groups is 1. The maximum atomic E-state index is 5.13. The molecule has 0 radical (unpaired) electrons. The number of nitrogens with zero attached hydrogens (tertiary/aromatic N) is 3.